The standard InChI is InChI=1S/C24H31N5O4S2/c25-17-7-10-29(11-8-17)14-19-13-26-24(34-19)27-23(30)22(28-33-18-9-12-32-15-18)16-1-3-20(4-2-16)35(31)21-5-6-21/h1-4,13,17-18,21H,5-12,14-15,25H2,(H,26,27,30)/b28-22+/t18-,35?/m1/s1. The molecule has 3 N–H and O–H groups in total. The normalized spacial score (nSPS) is 22.8. The summed E-state index contributed by atoms with van der Waals surface area (Å²) in [7, 11) is -1.00. The van der Waals surface area contributed by atoms with Crippen molar-refractivity contribution in [1.82, 2.24) is 9.88 Å². The van der Waals surface area contributed by atoms with E-state index in [1.54, 1.807) is 30.5 Å². The third kappa shape index (κ3) is 6.53. The Balaban J connectivity index is 1.27. The Hall–Kier alpha value is -2.18. The maximum Gasteiger partial charge on any atom is 0.280 e. The quantitative estimate of drug-likeness (QED) is 0.387. The van der Waals surface area contributed by atoms with Crippen LogP contribution in [0.3, 0.4) is 0 Å². The Morgan fingerprint density at radius 3 is 2.69 bits per heavy atom. The number of benzene rings is 1. The first kappa shape index (κ1) is 24.5. The third-order valence-corrected chi connectivity index (χ3v) is 9.08. The van der Waals surface area contributed by atoms with Gasteiger partial charge in [0.05, 0.1) is 24.0 Å². The summed E-state index contributed by atoms with van der Waals surface area (Å²) in [5, 5.41) is 7.85. The van der Waals surface area contributed by atoms with Gasteiger partial charge in [0.25, 0.3) is 5.91 Å². The highest BCUT2D eigenvalue weighted by molar-refractivity contribution is 7.86. The summed E-state index contributed by atoms with van der Waals surface area (Å²) < 4.78 is 17.8. The van der Waals surface area contributed by atoms with E-state index in [9.17, 15) is 9.00 Å². The summed E-state index contributed by atoms with van der Waals surface area (Å²) in [5.41, 5.74) is 6.75. The molecule has 0 radical (unpaired) electrons. The van der Waals surface area contributed by atoms with Crippen molar-refractivity contribution in [2.75, 3.05) is 31.6 Å². The molecule has 1 aromatic heterocycles. The second kappa shape index (κ2) is 11.3. The minimum Gasteiger partial charge on any atom is -0.389 e. The highest BCUT2D eigenvalue weighted by Crippen LogP contribution is 2.30. The zero-order chi connectivity index (χ0) is 24.2. The zero-order valence-corrected chi connectivity index (χ0v) is 21.2. The molecule has 35 heavy (non-hydrogen) atoms. The summed E-state index contributed by atoms with van der Waals surface area (Å²) in [4.78, 5) is 27.5. The number of rotatable bonds is 9. The SMILES string of the molecule is NC1CCN(Cc2cnc(NC(=O)/C(=N/O[C@@H]3CCOC3)c3ccc(S(=O)C4CC4)cc3)s2)CC1. The molecule has 2 saturated heterocycles. The number of anilines is 1. The van der Waals surface area contributed by atoms with E-state index in [2.05, 4.69) is 20.4 Å². The molecule has 0 bridgehead atoms. The molecule has 3 heterocycles. The Bertz CT molecular complexity index is 1070. The number of nitrogens with one attached hydrogen (secondary N) is 1. The molecule has 2 atom stereocenters. The van der Waals surface area contributed by atoms with E-state index in [-0.39, 0.29) is 17.1 Å². The first-order valence-corrected chi connectivity index (χ1v) is 14.1. The number of nitrogens with two attached hydrogens (primary N) is 1. The van der Waals surface area contributed by atoms with Crippen molar-refractivity contribution in [3.63, 3.8) is 0 Å². The summed E-state index contributed by atoms with van der Waals surface area (Å²) in [6, 6.07) is 7.45. The Morgan fingerprint density at radius 2 is 2.00 bits per heavy atom. The fourth-order valence-electron chi connectivity index (χ4n) is 4.10. The van der Waals surface area contributed by atoms with Crippen LogP contribution in [0.2, 0.25) is 0 Å². The van der Waals surface area contributed by atoms with E-state index in [0.717, 1.165) is 61.5 Å². The van der Waals surface area contributed by atoms with Gasteiger partial charge in [-0.25, -0.2) is 4.98 Å². The van der Waals surface area contributed by atoms with Crippen LogP contribution in [0.15, 0.2) is 40.5 Å². The minimum absolute atomic E-state index is 0.155. The highest BCUT2D eigenvalue weighted by Gasteiger charge is 2.29. The van der Waals surface area contributed by atoms with Gasteiger partial charge >= 0.3 is 0 Å². The molecule has 1 aliphatic carbocycles. The van der Waals surface area contributed by atoms with Crippen LogP contribution >= 0.6 is 11.3 Å². The van der Waals surface area contributed by atoms with Crippen LogP contribution in [0.4, 0.5) is 5.13 Å². The van der Waals surface area contributed by atoms with Crippen molar-refractivity contribution < 1.29 is 18.6 Å². The van der Waals surface area contributed by atoms with E-state index < -0.39 is 16.7 Å². The molecule has 9 nitrogen and oxygen atoms in total. The smallest absolute Gasteiger partial charge is 0.280 e. The maximum atomic E-state index is 13.2. The lowest BCUT2D eigenvalue weighted by Gasteiger charge is -2.29. The number of amides is 1. The van der Waals surface area contributed by atoms with Gasteiger partial charge in [-0.3, -0.25) is 19.2 Å². The van der Waals surface area contributed by atoms with Crippen LogP contribution in [0.5, 0.6) is 0 Å². The molecule has 1 unspecified atom stereocenters. The van der Waals surface area contributed by atoms with Gasteiger partial charge < -0.3 is 15.3 Å². The van der Waals surface area contributed by atoms with Gasteiger partial charge in [-0.15, -0.1) is 11.3 Å². The van der Waals surface area contributed by atoms with E-state index in [4.69, 9.17) is 15.3 Å². The lowest BCUT2D eigenvalue weighted by Crippen LogP contribution is -2.39. The van der Waals surface area contributed by atoms with Gasteiger partial charge in [-0.05, 0) is 50.9 Å². The average Bonchev–Trinajstić information content (AvgIpc) is 3.41. The van der Waals surface area contributed by atoms with Crippen molar-refractivity contribution in [1.29, 1.82) is 0 Å². The second-order valence-electron chi connectivity index (χ2n) is 9.25. The first-order chi connectivity index (χ1) is 17.0. The number of aromatic nitrogens is 1. The molecule has 2 aliphatic heterocycles. The highest BCUT2D eigenvalue weighted by atomic mass is 32.2. The lowest BCUT2D eigenvalue weighted by molar-refractivity contribution is -0.110. The van der Waals surface area contributed by atoms with Crippen molar-refractivity contribution in [2.24, 2.45) is 10.9 Å². The lowest BCUT2D eigenvalue weighted by atomic mass is 10.1. The molecule has 3 aliphatic rings. The first-order valence-electron chi connectivity index (χ1n) is 12.1. The zero-order valence-electron chi connectivity index (χ0n) is 19.6. The number of piperidine rings is 1. The summed E-state index contributed by atoms with van der Waals surface area (Å²) in [5.74, 6) is -0.398. The summed E-state index contributed by atoms with van der Waals surface area (Å²) >= 11 is 1.46. The number of ether oxygens (including phenoxy) is 1. The molecule has 1 aromatic carbocycles. The average molecular weight is 518 g/mol. The molecule has 1 saturated carbocycles. The molecule has 11 heteroatoms. The molecule has 2 aromatic rings. The Kier molecular flexibility index (Phi) is 7.88. The number of thiazole rings is 1. The van der Waals surface area contributed by atoms with E-state index >= 15 is 0 Å². The van der Waals surface area contributed by atoms with Crippen LogP contribution in [-0.4, -0.2) is 69.4 Å². The van der Waals surface area contributed by atoms with Crippen LogP contribution < -0.4 is 11.1 Å². The summed E-state index contributed by atoms with van der Waals surface area (Å²) in [6.45, 7) is 3.82. The molecule has 3 fully saturated rings. The molecular formula is C24H31N5O4S2. The number of carbonyl (C=O) groups is 1. The second-order valence-corrected chi connectivity index (χ2v) is 12.1. The van der Waals surface area contributed by atoms with Crippen molar-refractivity contribution in [2.45, 2.75) is 60.9 Å². The fraction of sp³-hybridized carbons (Fsp3) is 0.542. The Morgan fingerprint density at radius 1 is 1.23 bits per heavy atom. The van der Waals surface area contributed by atoms with E-state index in [0.29, 0.717) is 30.0 Å². The molecular weight excluding hydrogens is 486 g/mol. The molecule has 188 valence electrons. The number of oxime groups is 1. The number of nitrogens with zero attached hydrogens (tertiary/aromatic N) is 3. The van der Waals surface area contributed by atoms with Gasteiger partial charge in [0, 0.05) is 45.8 Å². The van der Waals surface area contributed by atoms with Gasteiger partial charge in [0.2, 0.25) is 0 Å². The van der Waals surface area contributed by atoms with Gasteiger partial charge in [0.15, 0.2) is 16.9 Å². The van der Waals surface area contributed by atoms with Crippen molar-refractivity contribution in [3.05, 3.63) is 40.9 Å². The van der Waals surface area contributed by atoms with E-state index in [1.807, 2.05) is 0 Å². The van der Waals surface area contributed by atoms with Crippen molar-refractivity contribution >= 4 is 38.9 Å². The number of hydrogen-bond acceptors (Lipinski definition) is 9. The van der Waals surface area contributed by atoms with Crippen LogP contribution in [-0.2, 0) is 31.7 Å². The molecule has 1 amide bonds. The van der Waals surface area contributed by atoms with Gasteiger partial charge in [0.1, 0.15) is 0 Å². The Labute approximate surface area is 211 Å². The van der Waals surface area contributed by atoms with Crippen LogP contribution in [0.1, 0.15) is 42.5 Å². The fourth-order valence-corrected chi connectivity index (χ4v) is 6.30. The number of carbonyl (C=O) groups excluding carboxylic acids is 1. The predicted molar refractivity (Wildman–Crippen MR) is 136 cm³/mol. The number of likely N-dealkylation sites (tertiary alicyclic amines) is 1. The summed E-state index contributed by atoms with van der Waals surface area (Å²) in [6.07, 6.45) is 6.37. The predicted octanol–water partition coefficient (Wildman–Crippen LogP) is 2.48. The number of hydrogen-bond donors (Lipinski definition) is 2. The topological polar surface area (TPSA) is 119 Å². The van der Waals surface area contributed by atoms with Crippen molar-refractivity contribution in [3.8, 4) is 0 Å². The molecule has 0 spiro atoms. The monoisotopic (exact) mass is 517 g/mol. The maximum absolute atomic E-state index is 13.2. The van der Waals surface area contributed by atoms with Crippen LogP contribution in [0, 0.1) is 0 Å². The third-order valence-electron chi connectivity index (χ3n) is 6.37. The minimum atomic E-state index is -1.00. The van der Waals surface area contributed by atoms with Crippen LogP contribution in [0.25, 0.3) is 0 Å². The van der Waals surface area contributed by atoms with Gasteiger partial charge in [-0.1, -0.05) is 17.3 Å². The van der Waals surface area contributed by atoms with Gasteiger partial charge in [-0.2, -0.15) is 0 Å². The largest absolute Gasteiger partial charge is 0.389 e. The molecule has 5 rings (SSSR count). The van der Waals surface area contributed by atoms with E-state index in [1.165, 1.54) is 11.3 Å².